The molecular formula is C17H22N2O. The lowest BCUT2D eigenvalue weighted by Crippen LogP contribution is -2.19. The fraction of sp³-hybridized carbons (Fsp3) is 0.412. The van der Waals surface area contributed by atoms with Gasteiger partial charge in [0.2, 0.25) is 0 Å². The summed E-state index contributed by atoms with van der Waals surface area (Å²) in [7, 11) is 0. The first-order chi connectivity index (χ1) is 9.54. The molecule has 1 aromatic carbocycles. The SMILES string of the molecule is CCCc1nccn1C(C)C(=O)c1cc(C)ccc1C. The van der Waals surface area contributed by atoms with Crippen LogP contribution in [0.15, 0.2) is 30.6 Å². The van der Waals surface area contributed by atoms with Crippen LogP contribution >= 0.6 is 0 Å². The van der Waals surface area contributed by atoms with Crippen LogP contribution in [0.1, 0.15) is 53.6 Å². The smallest absolute Gasteiger partial charge is 0.185 e. The maximum absolute atomic E-state index is 12.7. The number of carbonyl (C=O) groups is 1. The molecule has 0 saturated carbocycles. The molecule has 0 spiro atoms. The number of nitrogens with zero attached hydrogens (tertiary/aromatic N) is 2. The summed E-state index contributed by atoms with van der Waals surface area (Å²) in [5.74, 6) is 1.14. The van der Waals surface area contributed by atoms with Gasteiger partial charge in [-0.05, 0) is 38.8 Å². The number of Topliss-reactive ketones (excluding diaryl/α,β-unsaturated/α-hetero) is 1. The second-order valence-electron chi connectivity index (χ2n) is 5.36. The number of aryl methyl sites for hydroxylation is 3. The van der Waals surface area contributed by atoms with E-state index in [2.05, 4.69) is 11.9 Å². The van der Waals surface area contributed by atoms with Crippen LogP contribution in [-0.2, 0) is 6.42 Å². The Bertz CT molecular complexity index is 613. The van der Waals surface area contributed by atoms with Crippen molar-refractivity contribution in [2.24, 2.45) is 0 Å². The lowest BCUT2D eigenvalue weighted by atomic mass is 9.98. The summed E-state index contributed by atoms with van der Waals surface area (Å²) in [6.07, 6.45) is 5.61. The zero-order valence-electron chi connectivity index (χ0n) is 12.7. The normalized spacial score (nSPS) is 12.4. The predicted molar refractivity (Wildman–Crippen MR) is 81.2 cm³/mol. The predicted octanol–water partition coefficient (Wildman–Crippen LogP) is 3.90. The molecule has 2 aromatic rings. The summed E-state index contributed by atoms with van der Waals surface area (Å²) in [4.78, 5) is 17.1. The van der Waals surface area contributed by atoms with Crippen molar-refractivity contribution in [2.75, 3.05) is 0 Å². The minimum Gasteiger partial charge on any atom is -0.324 e. The fourth-order valence-corrected chi connectivity index (χ4v) is 2.47. The van der Waals surface area contributed by atoms with Crippen LogP contribution in [0.2, 0.25) is 0 Å². The minimum atomic E-state index is -0.209. The maximum atomic E-state index is 12.7. The topological polar surface area (TPSA) is 34.9 Å². The van der Waals surface area contributed by atoms with Crippen LogP contribution in [-0.4, -0.2) is 15.3 Å². The van der Waals surface area contributed by atoms with Gasteiger partial charge in [-0.3, -0.25) is 4.79 Å². The zero-order chi connectivity index (χ0) is 14.7. The minimum absolute atomic E-state index is 0.154. The molecule has 0 amide bonds. The molecular weight excluding hydrogens is 248 g/mol. The molecule has 1 atom stereocenters. The van der Waals surface area contributed by atoms with Crippen molar-refractivity contribution in [1.29, 1.82) is 0 Å². The Labute approximate surface area is 120 Å². The quantitative estimate of drug-likeness (QED) is 0.772. The van der Waals surface area contributed by atoms with Crippen molar-refractivity contribution in [3.05, 3.63) is 53.1 Å². The van der Waals surface area contributed by atoms with Crippen LogP contribution in [0.3, 0.4) is 0 Å². The van der Waals surface area contributed by atoms with Crippen molar-refractivity contribution < 1.29 is 4.79 Å². The Balaban J connectivity index is 2.32. The van der Waals surface area contributed by atoms with Gasteiger partial charge >= 0.3 is 0 Å². The van der Waals surface area contributed by atoms with Crippen molar-refractivity contribution in [3.8, 4) is 0 Å². The standard InChI is InChI=1S/C17H22N2O/c1-5-6-16-18-9-10-19(16)14(4)17(20)15-11-12(2)7-8-13(15)3/h7-11,14H,5-6H2,1-4H3. The Morgan fingerprint density at radius 2 is 2.10 bits per heavy atom. The summed E-state index contributed by atoms with van der Waals surface area (Å²) < 4.78 is 1.99. The Morgan fingerprint density at radius 1 is 1.35 bits per heavy atom. The second kappa shape index (κ2) is 6.04. The number of benzene rings is 1. The van der Waals surface area contributed by atoms with E-state index in [-0.39, 0.29) is 11.8 Å². The van der Waals surface area contributed by atoms with E-state index in [1.54, 1.807) is 6.20 Å². The third-order valence-electron chi connectivity index (χ3n) is 3.68. The summed E-state index contributed by atoms with van der Waals surface area (Å²) in [6, 6.07) is 5.82. The van der Waals surface area contributed by atoms with Gasteiger partial charge in [0, 0.05) is 24.4 Å². The fourth-order valence-electron chi connectivity index (χ4n) is 2.47. The van der Waals surface area contributed by atoms with E-state index in [1.165, 1.54) is 0 Å². The maximum Gasteiger partial charge on any atom is 0.185 e. The molecule has 2 rings (SSSR count). The number of carbonyl (C=O) groups excluding carboxylic acids is 1. The molecule has 0 saturated heterocycles. The average Bonchev–Trinajstić information content (AvgIpc) is 2.88. The highest BCUT2D eigenvalue weighted by atomic mass is 16.1. The van der Waals surface area contributed by atoms with Crippen molar-refractivity contribution in [3.63, 3.8) is 0 Å². The molecule has 0 aliphatic heterocycles. The van der Waals surface area contributed by atoms with Gasteiger partial charge < -0.3 is 4.57 Å². The van der Waals surface area contributed by atoms with E-state index in [0.29, 0.717) is 0 Å². The molecule has 1 heterocycles. The Morgan fingerprint density at radius 3 is 2.80 bits per heavy atom. The molecule has 0 radical (unpaired) electrons. The summed E-state index contributed by atoms with van der Waals surface area (Å²) in [5.41, 5.74) is 2.96. The molecule has 0 aliphatic carbocycles. The van der Waals surface area contributed by atoms with E-state index >= 15 is 0 Å². The molecule has 1 unspecified atom stereocenters. The first-order valence-corrected chi connectivity index (χ1v) is 7.17. The monoisotopic (exact) mass is 270 g/mol. The molecule has 106 valence electrons. The van der Waals surface area contributed by atoms with Gasteiger partial charge in [-0.1, -0.05) is 24.6 Å². The molecule has 3 nitrogen and oxygen atoms in total. The number of aromatic nitrogens is 2. The van der Waals surface area contributed by atoms with Gasteiger partial charge in [-0.25, -0.2) is 4.98 Å². The highest BCUT2D eigenvalue weighted by Gasteiger charge is 2.20. The number of imidazole rings is 1. The number of hydrogen-bond acceptors (Lipinski definition) is 2. The second-order valence-corrected chi connectivity index (χ2v) is 5.36. The van der Waals surface area contributed by atoms with Crippen molar-refractivity contribution >= 4 is 5.78 Å². The molecule has 1 aromatic heterocycles. The lowest BCUT2D eigenvalue weighted by Gasteiger charge is -2.17. The highest BCUT2D eigenvalue weighted by molar-refractivity contribution is 6.00. The number of rotatable bonds is 5. The van der Waals surface area contributed by atoms with Gasteiger partial charge in [-0.2, -0.15) is 0 Å². The molecule has 0 fully saturated rings. The van der Waals surface area contributed by atoms with E-state index in [9.17, 15) is 4.79 Å². The Hall–Kier alpha value is -1.90. The van der Waals surface area contributed by atoms with Gasteiger partial charge in [0.15, 0.2) is 5.78 Å². The molecule has 0 bridgehead atoms. The van der Waals surface area contributed by atoms with Gasteiger partial charge in [0.25, 0.3) is 0 Å². The molecule has 0 aliphatic rings. The zero-order valence-corrected chi connectivity index (χ0v) is 12.7. The van der Waals surface area contributed by atoms with Crippen molar-refractivity contribution in [2.45, 2.75) is 46.6 Å². The van der Waals surface area contributed by atoms with Gasteiger partial charge in [0.1, 0.15) is 5.82 Å². The number of ketones is 1. The molecule has 3 heteroatoms. The van der Waals surface area contributed by atoms with Crippen LogP contribution in [0, 0.1) is 13.8 Å². The largest absolute Gasteiger partial charge is 0.324 e. The van der Waals surface area contributed by atoms with Crippen LogP contribution in [0.25, 0.3) is 0 Å². The average molecular weight is 270 g/mol. The van der Waals surface area contributed by atoms with Crippen LogP contribution < -0.4 is 0 Å². The van der Waals surface area contributed by atoms with E-state index in [0.717, 1.165) is 35.4 Å². The third-order valence-corrected chi connectivity index (χ3v) is 3.68. The van der Waals surface area contributed by atoms with Gasteiger partial charge in [0.05, 0.1) is 6.04 Å². The number of hydrogen-bond donors (Lipinski definition) is 0. The van der Waals surface area contributed by atoms with Crippen LogP contribution in [0.5, 0.6) is 0 Å². The third kappa shape index (κ3) is 2.82. The van der Waals surface area contributed by atoms with E-state index in [1.807, 2.05) is 49.7 Å². The lowest BCUT2D eigenvalue weighted by molar-refractivity contribution is 0.0932. The van der Waals surface area contributed by atoms with E-state index in [4.69, 9.17) is 0 Å². The molecule has 20 heavy (non-hydrogen) atoms. The molecule has 0 N–H and O–H groups in total. The summed E-state index contributed by atoms with van der Waals surface area (Å²) in [6.45, 7) is 8.07. The van der Waals surface area contributed by atoms with Crippen LogP contribution in [0.4, 0.5) is 0 Å². The summed E-state index contributed by atoms with van der Waals surface area (Å²) >= 11 is 0. The Kier molecular flexibility index (Phi) is 4.38. The van der Waals surface area contributed by atoms with Gasteiger partial charge in [-0.15, -0.1) is 0 Å². The summed E-state index contributed by atoms with van der Waals surface area (Å²) in [5, 5.41) is 0. The first-order valence-electron chi connectivity index (χ1n) is 7.17. The highest BCUT2D eigenvalue weighted by Crippen LogP contribution is 2.20. The first kappa shape index (κ1) is 14.5. The van der Waals surface area contributed by atoms with Crippen molar-refractivity contribution in [1.82, 2.24) is 9.55 Å². The van der Waals surface area contributed by atoms with E-state index < -0.39 is 0 Å².